The lowest BCUT2D eigenvalue weighted by Gasteiger charge is -2.34. The van der Waals surface area contributed by atoms with Crippen LogP contribution in [0.15, 0.2) is 0 Å². The Balaban J connectivity index is 1.95. The molecule has 1 saturated heterocycles. The fourth-order valence-electron chi connectivity index (χ4n) is 4.01. The van der Waals surface area contributed by atoms with Crippen LogP contribution in [0.5, 0.6) is 0 Å². The molecular weight excluding hydrogens is 346 g/mol. The minimum atomic E-state index is -0.596. The standard InChI is InChI=1S/C20H35N3O4/c1-14-9-8-12-23(14)18(25)17(15-10-6-5-7-11-15)22-19(26)21-13-16(24)27-20(2,3)4/h14-15,17H,5-13H2,1-4H3,(H2,21,22,26). The summed E-state index contributed by atoms with van der Waals surface area (Å²) in [6.07, 6.45) is 7.28. The Bertz CT molecular complexity index is 538. The zero-order chi connectivity index (χ0) is 20.0. The largest absolute Gasteiger partial charge is 0.459 e. The van der Waals surface area contributed by atoms with Crippen molar-refractivity contribution in [2.24, 2.45) is 5.92 Å². The molecule has 2 unspecified atom stereocenters. The molecule has 7 nitrogen and oxygen atoms in total. The van der Waals surface area contributed by atoms with Crippen molar-refractivity contribution in [1.82, 2.24) is 15.5 Å². The summed E-state index contributed by atoms with van der Waals surface area (Å²) in [6, 6.07) is -0.795. The van der Waals surface area contributed by atoms with Crippen LogP contribution in [0.3, 0.4) is 0 Å². The van der Waals surface area contributed by atoms with Crippen molar-refractivity contribution in [3.63, 3.8) is 0 Å². The summed E-state index contributed by atoms with van der Waals surface area (Å²) in [7, 11) is 0. The highest BCUT2D eigenvalue weighted by Crippen LogP contribution is 2.29. The van der Waals surface area contributed by atoms with Crippen LogP contribution in [0.4, 0.5) is 4.79 Å². The normalized spacial score (nSPS) is 22.2. The van der Waals surface area contributed by atoms with E-state index in [0.29, 0.717) is 0 Å². The molecule has 0 aromatic heterocycles. The van der Waals surface area contributed by atoms with E-state index in [-0.39, 0.29) is 24.4 Å². The zero-order valence-electron chi connectivity index (χ0n) is 17.2. The van der Waals surface area contributed by atoms with Crippen molar-refractivity contribution < 1.29 is 19.1 Å². The van der Waals surface area contributed by atoms with E-state index >= 15 is 0 Å². The minimum Gasteiger partial charge on any atom is -0.459 e. The molecule has 2 N–H and O–H groups in total. The van der Waals surface area contributed by atoms with Gasteiger partial charge >= 0.3 is 12.0 Å². The third-order valence-corrected chi connectivity index (χ3v) is 5.32. The van der Waals surface area contributed by atoms with E-state index in [1.807, 2.05) is 4.90 Å². The Hall–Kier alpha value is -1.79. The number of rotatable bonds is 5. The van der Waals surface area contributed by atoms with E-state index in [2.05, 4.69) is 17.6 Å². The molecule has 0 bridgehead atoms. The van der Waals surface area contributed by atoms with Crippen LogP contribution in [-0.4, -0.2) is 53.6 Å². The molecule has 154 valence electrons. The highest BCUT2D eigenvalue weighted by Gasteiger charge is 2.36. The molecule has 2 aliphatic rings. The van der Waals surface area contributed by atoms with Gasteiger partial charge in [-0.1, -0.05) is 19.3 Å². The van der Waals surface area contributed by atoms with Crippen molar-refractivity contribution in [2.75, 3.05) is 13.1 Å². The molecule has 3 amide bonds. The van der Waals surface area contributed by atoms with Gasteiger partial charge in [-0.2, -0.15) is 0 Å². The molecule has 1 saturated carbocycles. The van der Waals surface area contributed by atoms with Crippen molar-refractivity contribution in [1.29, 1.82) is 0 Å². The first-order valence-electron chi connectivity index (χ1n) is 10.2. The van der Waals surface area contributed by atoms with Gasteiger partial charge < -0.3 is 20.3 Å². The van der Waals surface area contributed by atoms with Crippen LogP contribution in [0, 0.1) is 5.92 Å². The first-order chi connectivity index (χ1) is 12.7. The minimum absolute atomic E-state index is 0.0133. The second kappa shape index (κ2) is 9.42. The van der Waals surface area contributed by atoms with E-state index in [4.69, 9.17) is 4.74 Å². The molecule has 1 heterocycles. The molecule has 7 heteroatoms. The average Bonchev–Trinajstić information content (AvgIpc) is 3.02. The van der Waals surface area contributed by atoms with E-state index in [1.165, 1.54) is 6.42 Å². The maximum atomic E-state index is 13.1. The zero-order valence-corrected chi connectivity index (χ0v) is 17.2. The second-order valence-electron chi connectivity index (χ2n) is 8.81. The molecule has 0 spiro atoms. The second-order valence-corrected chi connectivity index (χ2v) is 8.81. The van der Waals surface area contributed by atoms with Gasteiger partial charge in [0, 0.05) is 12.6 Å². The molecule has 2 fully saturated rings. The highest BCUT2D eigenvalue weighted by molar-refractivity contribution is 5.88. The number of hydrogen-bond donors (Lipinski definition) is 2. The van der Waals surface area contributed by atoms with Crippen LogP contribution in [0.2, 0.25) is 0 Å². The van der Waals surface area contributed by atoms with E-state index < -0.39 is 23.6 Å². The number of nitrogens with one attached hydrogen (secondary N) is 2. The lowest BCUT2D eigenvalue weighted by molar-refractivity contribution is -0.153. The van der Waals surface area contributed by atoms with Crippen LogP contribution in [0.1, 0.15) is 72.6 Å². The Morgan fingerprint density at radius 3 is 2.30 bits per heavy atom. The monoisotopic (exact) mass is 381 g/mol. The Kier molecular flexibility index (Phi) is 7.50. The number of carbonyl (C=O) groups is 3. The Morgan fingerprint density at radius 1 is 1.07 bits per heavy atom. The summed E-state index contributed by atoms with van der Waals surface area (Å²) in [5.41, 5.74) is -0.596. The fraction of sp³-hybridized carbons (Fsp3) is 0.850. The maximum absolute atomic E-state index is 13.1. The average molecular weight is 382 g/mol. The topological polar surface area (TPSA) is 87.7 Å². The first-order valence-corrected chi connectivity index (χ1v) is 10.2. The molecule has 0 aromatic carbocycles. The quantitative estimate of drug-likeness (QED) is 0.717. The summed E-state index contributed by atoms with van der Waals surface area (Å²) in [5.74, 6) is -0.322. The molecule has 1 aliphatic carbocycles. The van der Waals surface area contributed by atoms with E-state index in [0.717, 1.165) is 45.1 Å². The van der Waals surface area contributed by atoms with Gasteiger partial charge in [0.25, 0.3) is 0 Å². The number of hydrogen-bond acceptors (Lipinski definition) is 4. The van der Waals surface area contributed by atoms with Crippen molar-refractivity contribution in [2.45, 2.75) is 90.3 Å². The predicted octanol–water partition coefficient (Wildman–Crippen LogP) is 2.59. The Labute approximate surface area is 162 Å². The van der Waals surface area contributed by atoms with Gasteiger partial charge in [-0.15, -0.1) is 0 Å². The SMILES string of the molecule is CC1CCCN1C(=O)C(NC(=O)NCC(=O)OC(C)(C)C)C1CCCCC1. The summed E-state index contributed by atoms with van der Waals surface area (Å²) in [6.45, 7) is 7.94. The lowest BCUT2D eigenvalue weighted by atomic mass is 9.83. The molecular formula is C20H35N3O4. The van der Waals surface area contributed by atoms with Crippen LogP contribution < -0.4 is 10.6 Å². The third kappa shape index (κ3) is 6.70. The number of amides is 3. The maximum Gasteiger partial charge on any atom is 0.325 e. The molecule has 0 aromatic rings. The van der Waals surface area contributed by atoms with Crippen molar-refractivity contribution in [3.05, 3.63) is 0 Å². The molecule has 2 atom stereocenters. The smallest absolute Gasteiger partial charge is 0.325 e. The summed E-state index contributed by atoms with van der Waals surface area (Å²) in [4.78, 5) is 39.2. The fourth-order valence-corrected chi connectivity index (χ4v) is 4.01. The van der Waals surface area contributed by atoms with Crippen LogP contribution in [-0.2, 0) is 14.3 Å². The number of urea groups is 1. The molecule has 27 heavy (non-hydrogen) atoms. The van der Waals surface area contributed by atoms with Gasteiger partial charge in [0.1, 0.15) is 18.2 Å². The molecule has 1 aliphatic heterocycles. The number of ether oxygens (including phenoxy) is 1. The summed E-state index contributed by atoms with van der Waals surface area (Å²) in [5, 5.41) is 5.39. The predicted molar refractivity (Wildman–Crippen MR) is 103 cm³/mol. The van der Waals surface area contributed by atoms with Gasteiger partial charge in [0.15, 0.2) is 0 Å². The first kappa shape index (κ1) is 21.5. The lowest BCUT2D eigenvalue weighted by Crippen LogP contribution is -2.56. The van der Waals surface area contributed by atoms with Crippen LogP contribution >= 0.6 is 0 Å². The number of carbonyl (C=O) groups excluding carboxylic acids is 3. The Morgan fingerprint density at radius 2 is 1.74 bits per heavy atom. The number of likely N-dealkylation sites (tertiary alicyclic amines) is 1. The summed E-state index contributed by atoms with van der Waals surface area (Å²) < 4.78 is 5.20. The number of esters is 1. The third-order valence-electron chi connectivity index (χ3n) is 5.32. The van der Waals surface area contributed by atoms with Gasteiger partial charge in [0.05, 0.1) is 0 Å². The van der Waals surface area contributed by atoms with Crippen molar-refractivity contribution in [3.8, 4) is 0 Å². The van der Waals surface area contributed by atoms with E-state index in [1.54, 1.807) is 20.8 Å². The highest BCUT2D eigenvalue weighted by atomic mass is 16.6. The number of nitrogens with zero attached hydrogens (tertiary/aromatic N) is 1. The van der Waals surface area contributed by atoms with Gasteiger partial charge in [-0.3, -0.25) is 9.59 Å². The van der Waals surface area contributed by atoms with Crippen molar-refractivity contribution >= 4 is 17.9 Å². The van der Waals surface area contributed by atoms with E-state index in [9.17, 15) is 14.4 Å². The van der Waals surface area contributed by atoms with Gasteiger partial charge in [-0.25, -0.2) is 4.79 Å². The molecule has 0 radical (unpaired) electrons. The summed E-state index contributed by atoms with van der Waals surface area (Å²) >= 11 is 0. The molecule has 2 rings (SSSR count). The van der Waals surface area contributed by atoms with Gasteiger partial charge in [0.2, 0.25) is 5.91 Å². The van der Waals surface area contributed by atoms with Gasteiger partial charge in [-0.05, 0) is 59.3 Å². The van der Waals surface area contributed by atoms with Crippen LogP contribution in [0.25, 0.3) is 0 Å².